The highest BCUT2D eigenvalue weighted by atomic mass is 16.5. The molecule has 1 saturated carbocycles. The van der Waals surface area contributed by atoms with Gasteiger partial charge >= 0.3 is 0 Å². The van der Waals surface area contributed by atoms with Crippen LogP contribution in [0.15, 0.2) is 23.4 Å². The van der Waals surface area contributed by atoms with Crippen molar-refractivity contribution in [1.82, 2.24) is 0 Å². The van der Waals surface area contributed by atoms with E-state index in [9.17, 15) is 0 Å². The minimum absolute atomic E-state index is 0.000636. The van der Waals surface area contributed by atoms with E-state index < -0.39 is 0 Å². The molecule has 0 heterocycles. The molecule has 0 atom stereocenters. The zero-order valence-electron chi connectivity index (χ0n) is 11.7. The maximum atomic E-state index is 8.92. The molecule has 5 nitrogen and oxygen atoms in total. The maximum Gasteiger partial charge on any atom is 0.132 e. The van der Waals surface area contributed by atoms with Crippen LogP contribution in [0.5, 0.6) is 11.5 Å². The van der Waals surface area contributed by atoms with Gasteiger partial charge in [-0.05, 0) is 31.9 Å². The number of nitrogens with zero attached hydrogens (tertiary/aromatic N) is 2. The van der Waals surface area contributed by atoms with E-state index in [1.54, 1.807) is 32.2 Å². The first-order valence-corrected chi connectivity index (χ1v) is 6.51. The van der Waals surface area contributed by atoms with E-state index in [1.807, 2.05) is 0 Å². The average molecular weight is 274 g/mol. The third kappa shape index (κ3) is 3.02. The van der Waals surface area contributed by atoms with E-state index in [4.69, 9.17) is 19.9 Å². The molecule has 106 valence electrons. The molecule has 0 spiro atoms. The number of rotatable bonds is 6. The molecule has 1 aromatic rings. The molecule has 0 saturated heterocycles. The summed E-state index contributed by atoms with van der Waals surface area (Å²) in [6.07, 6.45) is 2.55. The molecule has 0 bridgehead atoms. The molecule has 1 aliphatic rings. The third-order valence-corrected chi connectivity index (χ3v) is 3.67. The number of ether oxygens (including phenoxy) is 2. The molecule has 1 aliphatic carbocycles. The molecule has 2 rings (SSSR count). The lowest BCUT2D eigenvalue weighted by atomic mass is 10.1. The van der Waals surface area contributed by atoms with E-state index in [0.717, 1.165) is 18.4 Å². The fourth-order valence-corrected chi connectivity index (χ4v) is 2.05. The summed E-state index contributed by atoms with van der Waals surface area (Å²) in [5, 5.41) is 21.0. The predicted octanol–water partition coefficient (Wildman–Crippen LogP) is 2.97. The van der Waals surface area contributed by atoms with E-state index in [0.29, 0.717) is 30.2 Å². The van der Waals surface area contributed by atoms with Gasteiger partial charge in [-0.3, -0.25) is 0 Å². The summed E-state index contributed by atoms with van der Waals surface area (Å²) in [6.45, 7) is 2.20. The number of nitriles is 1. The first-order chi connectivity index (χ1) is 9.64. The minimum atomic E-state index is -0.000636. The number of benzene rings is 1. The van der Waals surface area contributed by atoms with Gasteiger partial charge in [0, 0.05) is 23.5 Å². The van der Waals surface area contributed by atoms with Crippen LogP contribution in [0.4, 0.5) is 0 Å². The Morgan fingerprint density at radius 1 is 1.50 bits per heavy atom. The molecular formula is C15H18N2O3. The van der Waals surface area contributed by atoms with Crippen molar-refractivity contribution in [1.29, 1.82) is 5.26 Å². The quantitative estimate of drug-likeness (QED) is 0.491. The van der Waals surface area contributed by atoms with Gasteiger partial charge in [-0.15, -0.1) is 0 Å². The molecule has 1 fully saturated rings. The lowest BCUT2D eigenvalue weighted by Crippen LogP contribution is -2.14. The largest absolute Gasteiger partial charge is 0.497 e. The standard InChI is InChI=1S/C15H18N2O3/c1-11(17-18)13-4-3-12(19-2)9-14(13)20-10-15(5-6-15)7-8-16/h3-4,9,18H,5-7,10H2,1-2H3/b17-11+. The van der Waals surface area contributed by atoms with Gasteiger partial charge in [-0.2, -0.15) is 5.26 Å². The van der Waals surface area contributed by atoms with Gasteiger partial charge in [-0.25, -0.2) is 0 Å². The van der Waals surface area contributed by atoms with Crippen LogP contribution in [0.25, 0.3) is 0 Å². The fourth-order valence-electron chi connectivity index (χ4n) is 2.05. The van der Waals surface area contributed by atoms with Crippen molar-refractivity contribution in [3.05, 3.63) is 23.8 Å². The Hall–Kier alpha value is -2.22. The normalized spacial score (nSPS) is 16.4. The van der Waals surface area contributed by atoms with Crippen molar-refractivity contribution >= 4 is 5.71 Å². The van der Waals surface area contributed by atoms with Crippen LogP contribution in [0.3, 0.4) is 0 Å². The molecule has 0 radical (unpaired) electrons. The second-order valence-corrected chi connectivity index (χ2v) is 5.17. The molecule has 0 aromatic heterocycles. The van der Waals surface area contributed by atoms with Crippen LogP contribution in [0.2, 0.25) is 0 Å². The summed E-state index contributed by atoms with van der Waals surface area (Å²) in [5.41, 5.74) is 1.20. The molecule has 0 unspecified atom stereocenters. The summed E-state index contributed by atoms with van der Waals surface area (Å²) in [7, 11) is 1.59. The molecular weight excluding hydrogens is 256 g/mol. The first-order valence-electron chi connectivity index (χ1n) is 6.51. The fraction of sp³-hybridized carbons (Fsp3) is 0.467. The van der Waals surface area contributed by atoms with E-state index >= 15 is 0 Å². The number of methoxy groups -OCH3 is 1. The average Bonchev–Trinajstić information content (AvgIpc) is 3.24. The summed E-state index contributed by atoms with van der Waals surface area (Å²) < 4.78 is 11.0. The predicted molar refractivity (Wildman–Crippen MR) is 74.4 cm³/mol. The third-order valence-electron chi connectivity index (χ3n) is 3.67. The van der Waals surface area contributed by atoms with Gasteiger partial charge in [0.1, 0.15) is 11.5 Å². The highest BCUT2D eigenvalue weighted by Crippen LogP contribution is 2.49. The Morgan fingerprint density at radius 2 is 2.25 bits per heavy atom. The number of hydrogen-bond acceptors (Lipinski definition) is 5. The Bertz CT molecular complexity index is 557. The first kappa shape index (κ1) is 14.2. The zero-order valence-corrected chi connectivity index (χ0v) is 11.7. The van der Waals surface area contributed by atoms with E-state index in [1.165, 1.54) is 0 Å². The lowest BCUT2D eigenvalue weighted by Gasteiger charge is -2.16. The van der Waals surface area contributed by atoms with E-state index in [2.05, 4.69) is 11.2 Å². The molecule has 0 amide bonds. The Labute approximate surface area is 118 Å². The monoisotopic (exact) mass is 274 g/mol. The molecule has 5 heteroatoms. The van der Waals surface area contributed by atoms with Crippen molar-refractivity contribution < 1.29 is 14.7 Å². The SMILES string of the molecule is COc1ccc(/C(C)=N/O)c(OCC2(CC#N)CC2)c1. The van der Waals surface area contributed by atoms with Gasteiger partial charge in [0.25, 0.3) is 0 Å². The minimum Gasteiger partial charge on any atom is -0.497 e. The van der Waals surface area contributed by atoms with Gasteiger partial charge < -0.3 is 14.7 Å². The van der Waals surface area contributed by atoms with Crippen molar-refractivity contribution in [2.75, 3.05) is 13.7 Å². The molecule has 1 N–H and O–H groups in total. The number of hydrogen-bond donors (Lipinski definition) is 1. The highest BCUT2D eigenvalue weighted by molar-refractivity contribution is 6.00. The van der Waals surface area contributed by atoms with Crippen LogP contribution in [-0.2, 0) is 0 Å². The summed E-state index contributed by atoms with van der Waals surface area (Å²) in [5.74, 6) is 1.29. The highest BCUT2D eigenvalue weighted by Gasteiger charge is 2.43. The van der Waals surface area contributed by atoms with Crippen LogP contribution >= 0.6 is 0 Å². The lowest BCUT2D eigenvalue weighted by molar-refractivity contribution is 0.235. The zero-order chi connectivity index (χ0) is 14.6. The topological polar surface area (TPSA) is 74.8 Å². The molecule has 0 aliphatic heterocycles. The van der Waals surface area contributed by atoms with Gasteiger partial charge in [-0.1, -0.05) is 5.16 Å². The Balaban J connectivity index is 2.18. The van der Waals surface area contributed by atoms with Crippen LogP contribution in [0.1, 0.15) is 31.7 Å². The van der Waals surface area contributed by atoms with Gasteiger partial charge in [0.05, 0.1) is 25.5 Å². The van der Waals surface area contributed by atoms with Crippen molar-refractivity contribution in [3.8, 4) is 17.6 Å². The van der Waals surface area contributed by atoms with Crippen molar-refractivity contribution in [2.24, 2.45) is 10.6 Å². The summed E-state index contributed by atoms with van der Waals surface area (Å²) >= 11 is 0. The van der Waals surface area contributed by atoms with Crippen molar-refractivity contribution in [3.63, 3.8) is 0 Å². The second kappa shape index (κ2) is 5.83. The number of oxime groups is 1. The maximum absolute atomic E-state index is 8.92. The second-order valence-electron chi connectivity index (χ2n) is 5.17. The van der Waals surface area contributed by atoms with Crippen LogP contribution in [0, 0.1) is 16.7 Å². The van der Waals surface area contributed by atoms with Crippen LogP contribution < -0.4 is 9.47 Å². The molecule has 20 heavy (non-hydrogen) atoms. The van der Waals surface area contributed by atoms with Gasteiger partial charge in [0.15, 0.2) is 0 Å². The summed E-state index contributed by atoms with van der Waals surface area (Å²) in [6, 6.07) is 7.57. The smallest absolute Gasteiger partial charge is 0.132 e. The van der Waals surface area contributed by atoms with Gasteiger partial charge in [0.2, 0.25) is 0 Å². The molecule has 1 aromatic carbocycles. The van der Waals surface area contributed by atoms with Crippen molar-refractivity contribution in [2.45, 2.75) is 26.2 Å². The van der Waals surface area contributed by atoms with Crippen LogP contribution in [-0.4, -0.2) is 24.6 Å². The Morgan fingerprint density at radius 3 is 2.80 bits per heavy atom. The summed E-state index contributed by atoms with van der Waals surface area (Å²) in [4.78, 5) is 0. The van der Waals surface area contributed by atoms with E-state index in [-0.39, 0.29) is 5.41 Å². The Kier molecular flexibility index (Phi) is 4.14.